The number of aromatic nitrogens is 1. The second-order valence-electron chi connectivity index (χ2n) is 4.85. The van der Waals surface area contributed by atoms with Crippen LogP contribution in [0.2, 0.25) is 0 Å². The van der Waals surface area contributed by atoms with E-state index in [1.54, 1.807) is 12.4 Å². The van der Waals surface area contributed by atoms with Crippen molar-refractivity contribution in [1.29, 1.82) is 0 Å². The predicted octanol–water partition coefficient (Wildman–Crippen LogP) is 3.25. The molecule has 0 radical (unpaired) electrons. The first-order valence-electron chi connectivity index (χ1n) is 6.43. The van der Waals surface area contributed by atoms with E-state index < -0.39 is 0 Å². The summed E-state index contributed by atoms with van der Waals surface area (Å²) in [6.45, 7) is 2.25. The fourth-order valence-electron chi connectivity index (χ4n) is 2.23. The van der Waals surface area contributed by atoms with Crippen molar-refractivity contribution in [3.05, 3.63) is 58.6 Å². The van der Waals surface area contributed by atoms with Gasteiger partial charge in [0, 0.05) is 42.1 Å². The Balaban J connectivity index is 1.51. The first kappa shape index (κ1) is 13.5. The standard InChI is InChI=1S/C15H14BrFN2O/c16-12-2-1-11(15(17)7-12)8-19-9-14(10-19)20-13-3-5-18-6-4-13/h1-7,14H,8-10H2. The minimum absolute atomic E-state index is 0.169. The lowest BCUT2D eigenvalue weighted by atomic mass is 10.1. The van der Waals surface area contributed by atoms with Gasteiger partial charge in [0.05, 0.1) is 0 Å². The molecule has 1 fully saturated rings. The van der Waals surface area contributed by atoms with Gasteiger partial charge in [0.15, 0.2) is 0 Å². The fourth-order valence-corrected chi connectivity index (χ4v) is 2.56. The number of benzene rings is 1. The number of ether oxygens (including phenoxy) is 1. The monoisotopic (exact) mass is 336 g/mol. The lowest BCUT2D eigenvalue weighted by molar-refractivity contribution is 0.0139. The van der Waals surface area contributed by atoms with Crippen LogP contribution < -0.4 is 4.74 Å². The summed E-state index contributed by atoms with van der Waals surface area (Å²) in [6, 6.07) is 8.87. The summed E-state index contributed by atoms with van der Waals surface area (Å²) in [5, 5.41) is 0. The van der Waals surface area contributed by atoms with Crippen molar-refractivity contribution >= 4 is 15.9 Å². The third kappa shape index (κ3) is 3.16. The van der Waals surface area contributed by atoms with Crippen LogP contribution in [0.25, 0.3) is 0 Å². The van der Waals surface area contributed by atoms with Crippen molar-refractivity contribution in [3.8, 4) is 5.75 Å². The van der Waals surface area contributed by atoms with Gasteiger partial charge in [-0.05, 0) is 24.3 Å². The molecule has 1 saturated heterocycles. The summed E-state index contributed by atoms with van der Waals surface area (Å²) in [7, 11) is 0. The maximum atomic E-state index is 13.7. The van der Waals surface area contributed by atoms with E-state index in [9.17, 15) is 4.39 Å². The Labute approximate surface area is 125 Å². The number of hydrogen-bond donors (Lipinski definition) is 0. The van der Waals surface area contributed by atoms with Gasteiger partial charge in [-0.15, -0.1) is 0 Å². The predicted molar refractivity (Wildman–Crippen MR) is 78.0 cm³/mol. The van der Waals surface area contributed by atoms with E-state index in [1.165, 1.54) is 6.07 Å². The Hall–Kier alpha value is -1.46. The van der Waals surface area contributed by atoms with E-state index in [4.69, 9.17) is 4.74 Å². The van der Waals surface area contributed by atoms with Gasteiger partial charge in [0.25, 0.3) is 0 Å². The lowest BCUT2D eigenvalue weighted by Crippen LogP contribution is -2.53. The molecule has 20 heavy (non-hydrogen) atoms. The molecule has 5 heteroatoms. The molecule has 1 aliphatic heterocycles. The number of nitrogens with zero attached hydrogens (tertiary/aromatic N) is 2. The SMILES string of the molecule is Fc1cc(Br)ccc1CN1CC(Oc2ccncc2)C1. The van der Waals surface area contributed by atoms with Crippen molar-refractivity contribution in [2.75, 3.05) is 13.1 Å². The van der Waals surface area contributed by atoms with Crippen LogP contribution in [0.15, 0.2) is 47.2 Å². The van der Waals surface area contributed by atoms with Gasteiger partial charge in [-0.3, -0.25) is 9.88 Å². The summed E-state index contributed by atoms with van der Waals surface area (Å²) < 4.78 is 20.3. The summed E-state index contributed by atoms with van der Waals surface area (Å²) >= 11 is 3.26. The Kier molecular flexibility index (Phi) is 3.98. The highest BCUT2D eigenvalue weighted by Gasteiger charge is 2.28. The van der Waals surface area contributed by atoms with Crippen LogP contribution in [0, 0.1) is 5.82 Å². The summed E-state index contributed by atoms with van der Waals surface area (Å²) in [5.74, 6) is 0.664. The molecule has 0 spiro atoms. The molecule has 0 atom stereocenters. The molecule has 1 aliphatic rings. The molecule has 2 aromatic rings. The van der Waals surface area contributed by atoms with E-state index >= 15 is 0 Å². The molecule has 0 saturated carbocycles. The molecule has 0 N–H and O–H groups in total. The van der Waals surface area contributed by atoms with Crippen molar-refractivity contribution < 1.29 is 9.13 Å². The molecule has 0 bridgehead atoms. The number of pyridine rings is 1. The highest BCUT2D eigenvalue weighted by atomic mass is 79.9. The zero-order chi connectivity index (χ0) is 13.9. The smallest absolute Gasteiger partial charge is 0.128 e. The first-order valence-corrected chi connectivity index (χ1v) is 7.23. The van der Waals surface area contributed by atoms with Crippen molar-refractivity contribution in [2.45, 2.75) is 12.6 Å². The Bertz CT molecular complexity index is 588. The van der Waals surface area contributed by atoms with Crippen LogP contribution in [0.5, 0.6) is 5.75 Å². The Morgan fingerprint density at radius 1 is 1.25 bits per heavy atom. The second kappa shape index (κ2) is 5.89. The number of rotatable bonds is 4. The molecule has 1 aromatic carbocycles. The largest absolute Gasteiger partial charge is 0.488 e. The average molecular weight is 337 g/mol. The van der Waals surface area contributed by atoms with E-state index in [-0.39, 0.29) is 11.9 Å². The van der Waals surface area contributed by atoms with Crippen LogP contribution in [-0.4, -0.2) is 29.1 Å². The Morgan fingerprint density at radius 2 is 2.00 bits per heavy atom. The van der Waals surface area contributed by atoms with Crippen molar-refractivity contribution in [1.82, 2.24) is 9.88 Å². The molecule has 1 aromatic heterocycles. The highest BCUT2D eigenvalue weighted by molar-refractivity contribution is 9.10. The lowest BCUT2D eigenvalue weighted by Gasteiger charge is -2.39. The maximum Gasteiger partial charge on any atom is 0.128 e. The van der Waals surface area contributed by atoms with Crippen molar-refractivity contribution in [2.24, 2.45) is 0 Å². The summed E-state index contributed by atoms with van der Waals surface area (Å²) in [6.07, 6.45) is 3.60. The van der Waals surface area contributed by atoms with E-state index in [2.05, 4.69) is 25.8 Å². The molecule has 0 unspecified atom stereocenters. The van der Waals surface area contributed by atoms with E-state index in [0.29, 0.717) is 6.54 Å². The van der Waals surface area contributed by atoms with Crippen LogP contribution in [0.1, 0.15) is 5.56 Å². The third-order valence-corrected chi connectivity index (χ3v) is 3.78. The van der Waals surface area contributed by atoms with Gasteiger partial charge >= 0.3 is 0 Å². The topological polar surface area (TPSA) is 25.4 Å². The van der Waals surface area contributed by atoms with Gasteiger partial charge < -0.3 is 4.74 Å². The molecule has 0 aliphatic carbocycles. The zero-order valence-corrected chi connectivity index (χ0v) is 12.4. The summed E-state index contributed by atoms with van der Waals surface area (Å²) in [4.78, 5) is 6.11. The van der Waals surface area contributed by atoms with Gasteiger partial charge in [-0.25, -0.2) is 4.39 Å². The second-order valence-corrected chi connectivity index (χ2v) is 5.77. The number of hydrogen-bond acceptors (Lipinski definition) is 3. The molecular formula is C15H14BrFN2O. The van der Waals surface area contributed by atoms with Gasteiger partial charge in [0.2, 0.25) is 0 Å². The quantitative estimate of drug-likeness (QED) is 0.856. The number of likely N-dealkylation sites (tertiary alicyclic amines) is 1. The average Bonchev–Trinajstić information content (AvgIpc) is 2.40. The van der Waals surface area contributed by atoms with Crippen molar-refractivity contribution in [3.63, 3.8) is 0 Å². The van der Waals surface area contributed by atoms with Gasteiger partial charge in [0.1, 0.15) is 17.7 Å². The van der Waals surface area contributed by atoms with Crippen LogP contribution >= 0.6 is 15.9 Å². The first-order chi connectivity index (χ1) is 9.70. The Morgan fingerprint density at radius 3 is 2.70 bits per heavy atom. The van der Waals surface area contributed by atoms with Crippen LogP contribution in [-0.2, 0) is 6.54 Å². The van der Waals surface area contributed by atoms with Crippen LogP contribution in [0.3, 0.4) is 0 Å². The minimum Gasteiger partial charge on any atom is -0.488 e. The molecule has 104 valence electrons. The highest BCUT2D eigenvalue weighted by Crippen LogP contribution is 2.21. The minimum atomic E-state index is -0.169. The zero-order valence-electron chi connectivity index (χ0n) is 10.8. The molecular weight excluding hydrogens is 323 g/mol. The molecule has 2 heterocycles. The maximum absolute atomic E-state index is 13.7. The number of halogens is 2. The van der Waals surface area contributed by atoms with E-state index in [1.807, 2.05) is 24.3 Å². The normalized spacial score (nSPS) is 15.9. The summed E-state index contributed by atoms with van der Waals surface area (Å²) in [5.41, 5.74) is 0.718. The third-order valence-electron chi connectivity index (χ3n) is 3.29. The van der Waals surface area contributed by atoms with Gasteiger partial charge in [-0.1, -0.05) is 22.0 Å². The van der Waals surface area contributed by atoms with Crippen LogP contribution in [0.4, 0.5) is 4.39 Å². The molecule has 0 amide bonds. The molecule has 3 rings (SSSR count). The van der Waals surface area contributed by atoms with E-state index in [0.717, 1.165) is 28.9 Å². The van der Waals surface area contributed by atoms with Gasteiger partial charge in [-0.2, -0.15) is 0 Å². The fraction of sp³-hybridized carbons (Fsp3) is 0.267. The molecule has 3 nitrogen and oxygen atoms in total.